The zero-order valence-corrected chi connectivity index (χ0v) is 10.1. The first-order valence-corrected chi connectivity index (χ1v) is 5.53. The minimum absolute atomic E-state index is 0.468. The molecule has 13 heavy (non-hydrogen) atoms. The van der Waals surface area contributed by atoms with E-state index in [4.69, 9.17) is 0 Å². The highest BCUT2D eigenvalue weighted by Crippen LogP contribution is 2.54. The average molecular weight is 183 g/mol. The normalized spacial score (nSPS) is 32.8. The molecule has 1 aliphatic rings. The Balaban J connectivity index is 2.59. The van der Waals surface area contributed by atoms with Crippen LogP contribution in [0, 0.1) is 16.7 Å². The van der Waals surface area contributed by atoms with Crippen LogP contribution >= 0.6 is 0 Å². The Morgan fingerprint density at radius 1 is 1.31 bits per heavy atom. The number of hydrogen-bond acceptors (Lipinski definition) is 1. The van der Waals surface area contributed by atoms with E-state index >= 15 is 0 Å². The maximum absolute atomic E-state index is 3.57. The Morgan fingerprint density at radius 2 is 1.85 bits per heavy atom. The van der Waals surface area contributed by atoms with Gasteiger partial charge in [0.15, 0.2) is 0 Å². The molecule has 78 valence electrons. The van der Waals surface area contributed by atoms with E-state index in [1.165, 1.54) is 6.42 Å². The Kier molecular flexibility index (Phi) is 2.78. The van der Waals surface area contributed by atoms with E-state index < -0.39 is 0 Å². The van der Waals surface area contributed by atoms with Crippen LogP contribution in [0.4, 0.5) is 0 Å². The lowest BCUT2D eigenvalue weighted by Gasteiger charge is -2.58. The van der Waals surface area contributed by atoms with Crippen molar-refractivity contribution in [3.63, 3.8) is 0 Å². The van der Waals surface area contributed by atoms with Crippen LogP contribution in [-0.4, -0.2) is 12.6 Å². The summed E-state index contributed by atoms with van der Waals surface area (Å²) in [6.07, 6.45) is 1.35. The van der Waals surface area contributed by atoms with Gasteiger partial charge in [-0.2, -0.15) is 0 Å². The summed E-state index contributed by atoms with van der Waals surface area (Å²) in [6, 6.07) is 0.738. The molecule has 1 saturated carbocycles. The van der Waals surface area contributed by atoms with E-state index in [2.05, 4.69) is 46.9 Å². The smallest absolute Gasteiger partial charge is 0.0124 e. The molecule has 0 amide bonds. The summed E-state index contributed by atoms with van der Waals surface area (Å²) in [5, 5.41) is 3.57. The van der Waals surface area contributed by atoms with Crippen LogP contribution in [0.5, 0.6) is 0 Å². The maximum Gasteiger partial charge on any atom is 0.0124 e. The summed E-state index contributed by atoms with van der Waals surface area (Å²) in [6.45, 7) is 15.2. The van der Waals surface area contributed by atoms with Crippen molar-refractivity contribution in [3.05, 3.63) is 0 Å². The second-order valence-electron chi connectivity index (χ2n) is 6.09. The fourth-order valence-corrected chi connectivity index (χ4v) is 2.99. The van der Waals surface area contributed by atoms with Crippen molar-refractivity contribution in [3.8, 4) is 0 Å². The van der Waals surface area contributed by atoms with Gasteiger partial charge in [-0.15, -0.1) is 0 Å². The lowest BCUT2D eigenvalue weighted by molar-refractivity contribution is -0.0552. The van der Waals surface area contributed by atoms with E-state index in [0.29, 0.717) is 10.8 Å². The molecule has 0 aromatic carbocycles. The van der Waals surface area contributed by atoms with Gasteiger partial charge in [-0.1, -0.05) is 41.5 Å². The van der Waals surface area contributed by atoms with Gasteiger partial charge in [0.2, 0.25) is 0 Å². The molecule has 0 radical (unpaired) electrons. The molecule has 0 aromatic rings. The summed E-state index contributed by atoms with van der Waals surface area (Å²) in [7, 11) is 0. The molecule has 0 aromatic heterocycles. The van der Waals surface area contributed by atoms with Crippen molar-refractivity contribution in [1.82, 2.24) is 5.32 Å². The SMILES string of the molecule is CCNC1CC(C(C)(C)C)C1(C)C. The Hall–Kier alpha value is -0.0400. The monoisotopic (exact) mass is 183 g/mol. The van der Waals surface area contributed by atoms with Crippen molar-refractivity contribution in [1.29, 1.82) is 0 Å². The summed E-state index contributed by atoms with van der Waals surface area (Å²) < 4.78 is 0. The van der Waals surface area contributed by atoms with Crippen molar-refractivity contribution in [2.75, 3.05) is 6.54 Å². The second kappa shape index (κ2) is 3.27. The fraction of sp³-hybridized carbons (Fsp3) is 1.00. The Morgan fingerprint density at radius 3 is 2.15 bits per heavy atom. The van der Waals surface area contributed by atoms with Crippen LogP contribution in [-0.2, 0) is 0 Å². The molecule has 1 aliphatic carbocycles. The highest BCUT2D eigenvalue weighted by Gasteiger charge is 2.51. The summed E-state index contributed by atoms with van der Waals surface area (Å²) in [5.74, 6) is 0.865. The molecule has 1 fully saturated rings. The molecule has 2 unspecified atom stereocenters. The Bertz CT molecular complexity index is 176. The van der Waals surface area contributed by atoms with E-state index in [9.17, 15) is 0 Å². The van der Waals surface area contributed by atoms with Crippen molar-refractivity contribution >= 4 is 0 Å². The molecule has 2 atom stereocenters. The van der Waals surface area contributed by atoms with Crippen LogP contribution in [0.2, 0.25) is 0 Å². The van der Waals surface area contributed by atoms with E-state index in [1.807, 2.05) is 0 Å². The van der Waals surface area contributed by atoms with E-state index in [1.54, 1.807) is 0 Å². The first-order valence-electron chi connectivity index (χ1n) is 5.53. The van der Waals surface area contributed by atoms with Crippen molar-refractivity contribution in [2.45, 2.75) is 54.0 Å². The molecular formula is C12H25N. The van der Waals surface area contributed by atoms with Gasteiger partial charge < -0.3 is 5.32 Å². The van der Waals surface area contributed by atoms with E-state index in [0.717, 1.165) is 18.5 Å². The first kappa shape index (κ1) is 11.0. The first-order chi connectivity index (χ1) is 5.80. The number of nitrogens with one attached hydrogen (secondary N) is 1. The predicted octanol–water partition coefficient (Wildman–Crippen LogP) is 3.06. The third-order valence-electron chi connectivity index (χ3n) is 3.76. The lowest BCUT2D eigenvalue weighted by Crippen LogP contribution is -2.60. The molecule has 0 bridgehead atoms. The van der Waals surface area contributed by atoms with E-state index in [-0.39, 0.29) is 0 Å². The van der Waals surface area contributed by atoms with Gasteiger partial charge in [0.25, 0.3) is 0 Å². The average Bonchev–Trinajstić information content (AvgIpc) is 1.94. The van der Waals surface area contributed by atoms with Gasteiger partial charge in [-0.25, -0.2) is 0 Å². The topological polar surface area (TPSA) is 12.0 Å². The standard InChI is InChI=1S/C12H25N/c1-7-13-10-8-9(11(2,3)4)12(10,5)6/h9-10,13H,7-8H2,1-6H3. The quantitative estimate of drug-likeness (QED) is 0.694. The fourth-order valence-electron chi connectivity index (χ4n) is 2.99. The second-order valence-corrected chi connectivity index (χ2v) is 6.09. The van der Waals surface area contributed by atoms with Gasteiger partial charge in [0.1, 0.15) is 0 Å². The van der Waals surface area contributed by atoms with Crippen LogP contribution < -0.4 is 5.32 Å². The van der Waals surface area contributed by atoms with Crippen LogP contribution in [0.15, 0.2) is 0 Å². The molecular weight excluding hydrogens is 158 g/mol. The van der Waals surface area contributed by atoms with Crippen LogP contribution in [0.25, 0.3) is 0 Å². The summed E-state index contributed by atoms with van der Waals surface area (Å²) >= 11 is 0. The summed E-state index contributed by atoms with van der Waals surface area (Å²) in [5.41, 5.74) is 0.948. The van der Waals surface area contributed by atoms with Gasteiger partial charge in [-0.3, -0.25) is 0 Å². The highest BCUT2D eigenvalue weighted by molar-refractivity contribution is 5.04. The largest absolute Gasteiger partial charge is 0.314 e. The molecule has 0 heterocycles. The van der Waals surface area contributed by atoms with Gasteiger partial charge in [0, 0.05) is 6.04 Å². The molecule has 1 nitrogen and oxygen atoms in total. The van der Waals surface area contributed by atoms with Gasteiger partial charge >= 0.3 is 0 Å². The minimum atomic E-state index is 0.468. The van der Waals surface area contributed by atoms with Crippen molar-refractivity contribution < 1.29 is 0 Å². The molecule has 0 aliphatic heterocycles. The number of rotatable bonds is 2. The zero-order chi connectivity index (χ0) is 10.3. The maximum atomic E-state index is 3.57. The van der Waals surface area contributed by atoms with Gasteiger partial charge in [0.05, 0.1) is 0 Å². The minimum Gasteiger partial charge on any atom is -0.314 e. The summed E-state index contributed by atoms with van der Waals surface area (Å²) in [4.78, 5) is 0. The van der Waals surface area contributed by atoms with Crippen LogP contribution in [0.3, 0.4) is 0 Å². The Labute approximate surface area is 83.3 Å². The van der Waals surface area contributed by atoms with Gasteiger partial charge in [-0.05, 0) is 29.7 Å². The van der Waals surface area contributed by atoms with Crippen molar-refractivity contribution in [2.24, 2.45) is 16.7 Å². The zero-order valence-electron chi connectivity index (χ0n) is 10.1. The molecule has 1 N–H and O–H groups in total. The third-order valence-corrected chi connectivity index (χ3v) is 3.76. The molecule has 1 heteroatoms. The van der Waals surface area contributed by atoms with Crippen LogP contribution in [0.1, 0.15) is 48.0 Å². The highest BCUT2D eigenvalue weighted by atomic mass is 15.0. The third kappa shape index (κ3) is 1.90. The number of hydrogen-bond donors (Lipinski definition) is 1. The molecule has 0 saturated heterocycles. The lowest BCUT2D eigenvalue weighted by atomic mass is 9.51. The molecule has 0 spiro atoms. The molecule has 1 rings (SSSR count). The predicted molar refractivity (Wildman–Crippen MR) is 58.8 cm³/mol.